The lowest BCUT2D eigenvalue weighted by atomic mass is 10.1. The van der Waals surface area contributed by atoms with Crippen LogP contribution in [0.3, 0.4) is 0 Å². The molecule has 0 aromatic heterocycles. The van der Waals surface area contributed by atoms with Crippen molar-refractivity contribution in [2.75, 3.05) is 6.61 Å². The molecule has 1 N–H and O–H groups in total. The summed E-state index contributed by atoms with van der Waals surface area (Å²) in [6.45, 7) is 7.85. The zero-order valence-electron chi connectivity index (χ0n) is 19.5. The highest BCUT2D eigenvalue weighted by Crippen LogP contribution is 2.27. The fraction of sp³-hybridized carbons (Fsp3) is 0.440. The van der Waals surface area contributed by atoms with E-state index < -0.39 is 6.04 Å². The van der Waals surface area contributed by atoms with Gasteiger partial charge in [0, 0.05) is 22.6 Å². The van der Waals surface area contributed by atoms with E-state index in [0.717, 1.165) is 22.9 Å². The lowest BCUT2D eigenvalue weighted by molar-refractivity contribution is -0.143. The summed E-state index contributed by atoms with van der Waals surface area (Å²) in [7, 11) is 0. The minimum absolute atomic E-state index is 0.00640. The van der Waals surface area contributed by atoms with Gasteiger partial charge in [-0.15, -0.1) is 0 Å². The van der Waals surface area contributed by atoms with Crippen molar-refractivity contribution in [1.82, 2.24) is 10.2 Å². The molecule has 0 radical (unpaired) electrons. The van der Waals surface area contributed by atoms with Gasteiger partial charge in [-0.25, -0.2) is 0 Å². The van der Waals surface area contributed by atoms with Crippen LogP contribution in [0.1, 0.15) is 51.7 Å². The monoisotopic (exact) mass is 556 g/mol. The molecule has 2 aromatic rings. The maximum Gasteiger partial charge on any atom is 0.261 e. The van der Waals surface area contributed by atoms with Crippen LogP contribution in [-0.2, 0) is 22.6 Å². The van der Waals surface area contributed by atoms with Gasteiger partial charge in [-0.3, -0.25) is 9.59 Å². The lowest BCUT2D eigenvalue weighted by Crippen LogP contribution is -2.51. The lowest BCUT2D eigenvalue weighted by Gasteiger charge is -2.31. The second-order valence-electron chi connectivity index (χ2n) is 7.91. The standard InChI is InChI=1S/C25H31BrCl2N2O3/c1-5-16(4)29-25(32)22(7-3)30(14-18-9-10-19(27)13-21(18)28)24(31)15-33-23-11-8-17(6-2)12-20(23)26/h8-13,16,22H,5-7,14-15H2,1-4H3,(H,29,32)/t16-,22-/m0/s1. The number of hydrogen-bond donors (Lipinski definition) is 1. The van der Waals surface area contributed by atoms with Crippen LogP contribution in [0, 0.1) is 0 Å². The Labute approximate surface area is 214 Å². The van der Waals surface area contributed by atoms with Crippen molar-refractivity contribution >= 4 is 50.9 Å². The molecule has 0 fully saturated rings. The third-order valence-electron chi connectivity index (χ3n) is 5.50. The van der Waals surface area contributed by atoms with Gasteiger partial charge >= 0.3 is 0 Å². The van der Waals surface area contributed by atoms with Crippen LogP contribution in [-0.4, -0.2) is 35.4 Å². The Bertz CT molecular complexity index is 971. The zero-order valence-corrected chi connectivity index (χ0v) is 22.6. The molecule has 0 unspecified atom stereocenters. The molecule has 2 atom stereocenters. The number of aryl methyl sites for hydroxylation is 1. The summed E-state index contributed by atoms with van der Waals surface area (Å²) in [4.78, 5) is 27.9. The Hall–Kier alpha value is -1.76. The van der Waals surface area contributed by atoms with E-state index in [2.05, 4.69) is 28.2 Å². The predicted octanol–water partition coefficient (Wildman–Crippen LogP) is 6.42. The number of rotatable bonds is 11. The average molecular weight is 558 g/mol. The van der Waals surface area contributed by atoms with Gasteiger partial charge < -0.3 is 15.0 Å². The number of halogens is 3. The molecule has 2 amide bonds. The summed E-state index contributed by atoms with van der Waals surface area (Å²) in [5.74, 6) is 0.0690. The minimum Gasteiger partial charge on any atom is -0.483 e. The highest BCUT2D eigenvalue weighted by atomic mass is 79.9. The number of hydrogen-bond acceptors (Lipinski definition) is 3. The summed E-state index contributed by atoms with van der Waals surface area (Å²) in [5.41, 5.74) is 1.87. The van der Waals surface area contributed by atoms with Crippen molar-refractivity contribution in [3.63, 3.8) is 0 Å². The van der Waals surface area contributed by atoms with E-state index in [1.807, 2.05) is 39.0 Å². The van der Waals surface area contributed by atoms with Crippen LogP contribution in [0.5, 0.6) is 5.75 Å². The second kappa shape index (κ2) is 13.2. The molecular weight excluding hydrogens is 527 g/mol. The molecule has 180 valence electrons. The largest absolute Gasteiger partial charge is 0.483 e. The molecule has 8 heteroatoms. The molecule has 0 saturated heterocycles. The van der Waals surface area contributed by atoms with E-state index in [-0.39, 0.29) is 31.0 Å². The van der Waals surface area contributed by atoms with E-state index in [9.17, 15) is 9.59 Å². The van der Waals surface area contributed by atoms with Gasteiger partial charge in [0.05, 0.1) is 4.47 Å². The Morgan fingerprint density at radius 2 is 1.82 bits per heavy atom. The van der Waals surface area contributed by atoms with Crippen LogP contribution >= 0.6 is 39.1 Å². The van der Waals surface area contributed by atoms with Gasteiger partial charge in [-0.2, -0.15) is 0 Å². The number of carbonyl (C=O) groups excluding carboxylic acids is 2. The van der Waals surface area contributed by atoms with Crippen molar-refractivity contribution in [3.05, 3.63) is 62.0 Å². The van der Waals surface area contributed by atoms with Crippen LogP contribution in [0.15, 0.2) is 40.9 Å². The molecule has 0 aliphatic carbocycles. The van der Waals surface area contributed by atoms with Gasteiger partial charge in [0.15, 0.2) is 6.61 Å². The smallest absolute Gasteiger partial charge is 0.261 e. The van der Waals surface area contributed by atoms with E-state index in [1.54, 1.807) is 18.2 Å². The molecule has 0 aliphatic heterocycles. The molecule has 33 heavy (non-hydrogen) atoms. The number of nitrogens with one attached hydrogen (secondary N) is 1. The third kappa shape index (κ3) is 7.90. The first-order valence-electron chi connectivity index (χ1n) is 11.1. The maximum atomic E-state index is 13.3. The number of carbonyl (C=O) groups is 2. The second-order valence-corrected chi connectivity index (χ2v) is 9.60. The molecule has 0 saturated carbocycles. The SMILES string of the molecule is CCc1ccc(OCC(=O)N(Cc2ccc(Cl)cc2Cl)[C@@H](CC)C(=O)N[C@@H](C)CC)c(Br)c1. The van der Waals surface area contributed by atoms with Gasteiger partial charge in [0.25, 0.3) is 5.91 Å². The summed E-state index contributed by atoms with van der Waals surface area (Å²) in [5, 5.41) is 3.93. The van der Waals surface area contributed by atoms with Crippen molar-refractivity contribution < 1.29 is 14.3 Å². The normalized spacial score (nSPS) is 12.7. The number of amides is 2. The molecule has 0 heterocycles. The van der Waals surface area contributed by atoms with E-state index in [4.69, 9.17) is 27.9 Å². The van der Waals surface area contributed by atoms with Crippen LogP contribution in [0.2, 0.25) is 10.0 Å². The molecular formula is C25H31BrCl2N2O3. The molecule has 0 bridgehead atoms. The molecule has 5 nitrogen and oxygen atoms in total. The number of benzene rings is 2. The Kier molecular flexibility index (Phi) is 11.0. The number of nitrogens with zero attached hydrogens (tertiary/aromatic N) is 1. The summed E-state index contributed by atoms with van der Waals surface area (Å²) in [6.07, 6.45) is 2.15. The van der Waals surface area contributed by atoms with Crippen LogP contribution < -0.4 is 10.1 Å². The Morgan fingerprint density at radius 1 is 1.09 bits per heavy atom. The van der Waals surface area contributed by atoms with Crippen molar-refractivity contribution in [2.24, 2.45) is 0 Å². The minimum atomic E-state index is -0.659. The fourth-order valence-corrected chi connectivity index (χ4v) is 4.31. The Balaban J connectivity index is 2.27. The summed E-state index contributed by atoms with van der Waals surface area (Å²) < 4.78 is 6.60. The highest BCUT2D eigenvalue weighted by molar-refractivity contribution is 9.10. The number of ether oxygens (including phenoxy) is 1. The summed E-state index contributed by atoms with van der Waals surface area (Å²) >= 11 is 15.9. The topological polar surface area (TPSA) is 58.6 Å². The Morgan fingerprint density at radius 3 is 2.39 bits per heavy atom. The first-order valence-corrected chi connectivity index (χ1v) is 12.7. The van der Waals surface area contributed by atoms with Crippen molar-refractivity contribution in [3.8, 4) is 5.75 Å². The average Bonchev–Trinajstić information content (AvgIpc) is 2.79. The quantitative estimate of drug-likeness (QED) is 0.347. The predicted molar refractivity (Wildman–Crippen MR) is 138 cm³/mol. The first-order chi connectivity index (χ1) is 15.7. The zero-order chi connectivity index (χ0) is 24.5. The van der Waals surface area contributed by atoms with E-state index >= 15 is 0 Å². The first kappa shape index (κ1) is 27.5. The third-order valence-corrected chi connectivity index (χ3v) is 6.71. The maximum absolute atomic E-state index is 13.3. The van der Waals surface area contributed by atoms with Crippen molar-refractivity contribution in [2.45, 2.75) is 65.6 Å². The van der Waals surface area contributed by atoms with Gasteiger partial charge in [-0.05, 0) is 77.5 Å². The van der Waals surface area contributed by atoms with E-state index in [1.165, 1.54) is 4.90 Å². The van der Waals surface area contributed by atoms with Crippen molar-refractivity contribution in [1.29, 1.82) is 0 Å². The molecule has 2 rings (SSSR count). The molecule has 0 spiro atoms. The highest BCUT2D eigenvalue weighted by Gasteiger charge is 2.30. The van der Waals surface area contributed by atoms with Crippen LogP contribution in [0.25, 0.3) is 0 Å². The molecule has 0 aliphatic rings. The van der Waals surface area contributed by atoms with Gasteiger partial charge in [0.2, 0.25) is 5.91 Å². The molecule has 2 aromatic carbocycles. The van der Waals surface area contributed by atoms with Gasteiger partial charge in [0.1, 0.15) is 11.8 Å². The fourth-order valence-electron chi connectivity index (χ4n) is 3.30. The van der Waals surface area contributed by atoms with Crippen LogP contribution in [0.4, 0.5) is 0 Å². The summed E-state index contributed by atoms with van der Waals surface area (Å²) in [6, 6.07) is 10.2. The van der Waals surface area contributed by atoms with E-state index in [0.29, 0.717) is 27.8 Å². The van der Waals surface area contributed by atoms with Gasteiger partial charge in [-0.1, -0.05) is 56.1 Å².